The summed E-state index contributed by atoms with van der Waals surface area (Å²) < 4.78 is 5.82. The molecule has 3 aromatic rings. The second-order valence-electron chi connectivity index (χ2n) is 8.74. The SMILES string of the molecule is Cc1cnc(N[C@H]2CC[C@@H](CNC(=O)c3cccnc3Oc3cccc(Cl)c3)C2)nc1N(C)C. The molecule has 1 amide bonds. The molecule has 4 rings (SSSR count). The molecule has 0 spiro atoms. The monoisotopic (exact) mass is 480 g/mol. The zero-order valence-electron chi connectivity index (χ0n) is 19.6. The van der Waals surface area contributed by atoms with Gasteiger partial charge in [0, 0.05) is 49.7 Å². The fourth-order valence-electron chi connectivity index (χ4n) is 4.15. The van der Waals surface area contributed by atoms with E-state index in [1.54, 1.807) is 42.6 Å². The van der Waals surface area contributed by atoms with E-state index in [1.807, 2.05) is 32.1 Å². The van der Waals surface area contributed by atoms with Crippen LogP contribution in [0.4, 0.5) is 11.8 Å². The molecule has 2 atom stereocenters. The second-order valence-corrected chi connectivity index (χ2v) is 9.18. The van der Waals surface area contributed by atoms with Crippen LogP contribution in [-0.2, 0) is 0 Å². The minimum atomic E-state index is -0.209. The summed E-state index contributed by atoms with van der Waals surface area (Å²) in [5.41, 5.74) is 1.43. The number of carbonyl (C=O) groups excluding carboxylic acids is 1. The van der Waals surface area contributed by atoms with E-state index >= 15 is 0 Å². The van der Waals surface area contributed by atoms with E-state index in [0.717, 1.165) is 30.6 Å². The quantitative estimate of drug-likeness (QED) is 0.482. The molecule has 2 N–H and O–H groups in total. The Kier molecular flexibility index (Phi) is 7.47. The Balaban J connectivity index is 1.32. The topological polar surface area (TPSA) is 92.3 Å². The molecule has 1 aliphatic carbocycles. The molecule has 1 aromatic carbocycles. The highest BCUT2D eigenvalue weighted by molar-refractivity contribution is 6.30. The zero-order valence-corrected chi connectivity index (χ0v) is 20.3. The van der Waals surface area contributed by atoms with Crippen LogP contribution >= 0.6 is 11.6 Å². The van der Waals surface area contributed by atoms with E-state index in [0.29, 0.717) is 34.7 Å². The van der Waals surface area contributed by atoms with Crippen LogP contribution in [0.5, 0.6) is 11.6 Å². The lowest BCUT2D eigenvalue weighted by molar-refractivity contribution is 0.0944. The number of anilines is 2. The molecule has 0 bridgehead atoms. The number of aryl methyl sites for hydroxylation is 1. The third kappa shape index (κ3) is 5.94. The molecule has 1 saturated carbocycles. The maximum Gasteiger partial charge on any atom is 0.256 e. The summed E-state index contributed by atoms with van der Waals surface area (Å²) >= 11 is 6.03. The number of ether oxygens (including phenoxy) is 1. The van der Waals surface area contributed by atoms with E-state index in [-0.39, 0.29) is 17.8 Å². The van der Waals surface area contributed by atoms with Gasteiger partial charge in [-0.1, -0.05) is 17.7 Å². The van der Waals surface area contributed by atoms with E-state index in [1.165, 1.54) is 0 Å². The number of nitrogens with one attached hydrogen (secondary N) is 2. The smallest absolute Gasteiger partial charge is 0.256 e. The molecule has 0 saturated heterocycles. The highest BCUT2D eigenvalue weighted by Crippen LogP contribution is 2.28. The number of pyridine rings is 1. The van der Waals surface area contributed by atoms with Crippen molar-refractivity contribution in [1.82, 2.24) is 20.3 Å². The standard InChI is InChI=1S/C25H29ClN6O2/c1-16-14-29-25(31-22(16)32(2)3)30-19-10-9-17(12-19)15-28-23(33)21-8-5-11-27-24(21)34-20-7-4-6-18(26)13-20/h4-8,11,13-14,17,19H,9-10,12,15H2,1-3H3,(H,28,33)(H,29,30,31)/t17-,19+/m1/s1. The first-order valence-corrected chi connectivity index (χ1v) is 11.7. The van der Waals surface area contributed by atoms with Gasteiger partial charge in [-0.15, -0.1) is 0 Å². The van der Waals surface area contributed by atoms with Crippen LogP contribution in [0.25, 0.3) is 0 Å². The first-order valence-electron chi connectivity index (χ1n) is 11.3. The third-order valence-electron chi connectivity index (χ3n) is 5.82. The van der Waals surface area contributed by atoms with Crippen LogP contribution in [0.1, 0.15) is 35.2 Å². The number of nitrogens with zero attached hydrogens (tertiary/aromatic N) is 4. The number of aromatic nitrogens is 3. The van der Waals surface area contributed by atoms with Crippen LogP contribution < -0.4 is 20.3 Å². The number of halogens is 1. The Labute approximate surface area is 204 Å². The molecule has 0 radical (unpaired) electrons. The van der Waals surface area contributed by atoms with Crippen molar-refractivity contribution in [3.63, 3.8) is 0 Å². The van der Waals surface area contributed by atoms with Crippen LogP contribution in [0, 0.1) is 12.8 Å². The fraction of sp³-hybridized carbons (Fsp3) is 0.360. The summed E-state index contributed by atoms with van der Waals surface area (Å²) in [6.07, 6.45) is 6.40. The predicted molar refractivity (Wildman–Crippen MR) is 134 cm³/mol. The van der Waals surface area contributed by atoms with Crippen molar-refractivity contribution < 1.29 is 9.53 Å². The van der Waals surface area contributed by atoms with Crippen molar-refractivity contribution in [1.29, 1.82) is 0 Å². The molecule has 34 heavy (non-hydrogen) atoms. The molecule has 0 unspecified atom stereocenters. The zero-order chi connectivity index (χ0) is 24.1. The van der Waals surface area contributed by atoms with Gasteiger partial charge in [-0.2, -0.15) is 4.98 Å². The highest BCUT2D eigenvalue weighted by Gasteiger charge is 2.26. The summed E-state index contributed by atoms with van der Waals surface area (Å²) in [4.78, 5) is 28.2. The first kappa shape index (κ1) is 23.8. The van der Waals surface area contributed by atoms with Crippen LogP contribution in [-0.4, -0.2) is 47.5 Å². The van der Waals surface area contributed by atoms with Gasteiger partial charge in [-0.25, -0.2) is 9.97 Å². The van der Waals surface area contributed by atoms with Gasteiger partial charge < -0.3 is 20.3 Å². The fourth-order valence-corrected chi connectivity index (χ4v) is 4.33. The average Bonchev–Trinajstić information content (AvgIpc) is 3.26. The molecule has 9 heteroatoms. The molecular weight excluding hydrogens is 452 g/mol. The number of amides is 1. The maximum atomic E-state index is 12.9. The Bertz CT molecular complexity index is 1160. The third-order valence-corrected chi connectivity index (χ3v) is 6.06. The van der Waals surface area contributed by atoms with E-state index in [2.05, 4.69) is 25.6 Å². The lowest BCUT2D eigenvalue weighted by Crippen LogP contribution is -2.29. The van der Waals surface area contributed by atoms with Gasteiger partial charge in [0.1, 0.15) is 17.1 Å². The number of rotatable bonds is 8. The summed E-state index contributed by atoms with van der Waals surface area (Å²) in [6.45, 7) is 2.58. The van der Waals surface area contributed by atoms with Crippen LogP contribution in [0.2, 0.25) is 5.02 Å². The molecule has 0 aliphatic heterocycles. The lowest BCUT2D eigenvalue weighted by Gasteiger charge is -2.18. The minimum Gasteiger partial charge on any atom is -0.438 e. The largest absolute Gasteiger partial charge is 0.438 e. The van der Waals surface area contributed by atoms with Crippen LogP contribution in [0.15, 0.2) is 48.8 Å². The summed E-state index contributed by atoms with van der Waals surface area (Å²) in [7, 11) is 3.95. The Morgan fingerprint density at radius 2 is 2.06 bits per heavy atom. The number of carbonyl (C=O) groups is 1. The normalized spacial score (nSPS) is 17.3. The second kappa shape index (κ2) is 10.7. The molecule has 2 aromatic heterocycles. The Morgan fingerprint density at radius 1 is 1.21 bits per heavy atom. The van der Waals surface area contributed by atoms with Crippen molar-refractivity contribution in [2.45, 2.75) is 32.2 Å². The summed E-state index contributed by atoms with van der Waals surface area (Å²) in [5.74, 6) is 2.49. The number of hydrogen-bond donors (Lipinski definition) is 2. The predicted octanol–water partition coefficient (Wildman–Crippen LogP) is 4.70. The highest BCUT2D eigenvalue weighted by atomic mass is 35.5. The van der Waals surface area contributed by atoms with Gasteiger partial charge >= 0.3 is 0 Å². The molecule has 8 nitrogen and oxygen atoms in total. The van der Waals surface area contributed by atoms with Gasteiger partial charge in [0.25, 0.3) is 5.91 Å². The van der Waals surface area contributed by atoms with Crippen molar-refractivity contribution in [2.75, 3.05) is 30.9 Å². The maximum absolute atomic E-state index is 12.9. The summed E-state index contributed by atoms with van der Waals surface area (Å²) in [5, 5.41) is 7.05. The number of benzene rings is 1. The molecule has 178 valence electrons. The molecular formula is C25H29ClN6O2. The minimum absolute atomic E-state index is 0.209. The van der Waals surface area contributed by atoms with Crippen LogP contribution in [0.3, 0.4) is 0 Å². The summed E-state index contributed by atoms with van der Waals surface area (Å²) in [6, 6.07) is 10.7. The van der Waals surface area contributed by atoms with Crippen molar-refractivity contribution in [2.24, 2.45) is 5.92 Å². The van der Waals surface area contributed by atoms with E-state index in [9.17, 15) is 4.79 Å². The molecule has 1 fully saturated rings. The van der Waals surface area contributed by atoms with Gasteiger partial charge in [-0.05, 0) is 62.4 Å². The lowest BCUT2D eigenvalue weighted by atomic mass is 10.1. The number of hydrogen-bond acceptors (Lipinski definition) is 7. The van der Waals surface area contributed by atoms with Gasteiger partial charge in [0.15, 0.2) is 0 Å². The van der Waals surface area contributed by atoms with E-state index < -0.39 is 0 Å². The first-order chi connectivity index (χ1) is 16.4. The Hall–Kier alpha value is -3.39. The average molecular weight is 481 g/mol. The van der Waals surface area contributed by atoms with Gasteiger partial charge in [0.2, 0.25) is 11.8 Å². The van der Waals surface area contributed by atoms with E-state index in [4.69, 9.17) is 16.3 Å². The van der Waals surface area contributed by atoms with Crippen molar-refractivity contribution >= 4 is 29.3 Å². The van der Waals surface area contributed by atoms with Gasteiger partial charge in [0.05, 0.1) is 0 Å². The van der Waals surface area contributed by atoms with Crippen molar-refractivity contribution in [3.8, 4) is 11.6 Å². The van der Waals surface area contributed by atoms with Gasteiger partial charge in [-0.3, -0.25) is 4.79 Å². The Morgan fingerprint density at radius 3 is 2.85 bits per heavy atom. The molecule has 2 heterocycles. The molecule has 1 aliphatic rings. The van der Waals surface area contributed by atoms with Crippen molar-refractivity contribution in [3.05, 3.63) is 64.9 Å².